The molecule has 7 nitrogen and oxygen atoms in total. The first kappa shape index (κ1) is 20.8. The molecule has 2 heterocycles. The summed E-state index contributed by atoms with van der Waals surface area (Å²) < 4.78 is 7.05. The number of amides is 1. The number of carbonyl (C=O) groups excluding carboxylic acids is 1. The fourth-order valence-corrected chi connectivity index (χ4v) is 4.18. The summed E-state index contributed by atoms with van der Waals surface area (Å²) in [5.74, 6) is 1.53. The van der Waals surface area contributed by atoms with Gasteiger partial charge in [-0.15, -0.1) is 5.10 Å². The summed E-state index contributed by atoms with van der Waals surface area (Å²) in [5.41, 5.74) is 3.24. The van der Waals surface area contributed by atoms with Crippen molar-refractivity contribution in [3.63, 3.8) is 0 Å². The molecule has 0 fully saturated rings. The van der Waals surface area contributed by atoms with Gasteiger partial charge in [0.1, 0.15) is 5.75 Å². The number of anilines is 2. The number of fused-ring (bicyclic) bond motifs is 1. The average molecular weight is 440 g/mol. The summed E-state index contributed by atoms with van der Waals surface area (Å²) >= 11 is 0. The van der Waals surface area contributed by atoms with Crippen molar-refractivity contribution < 1.29 is 9.53 Å². The normalized spacial score (nSPS) is 17.0. The predicted molar refractivity (Wildman–Crippen MR) is 127 cm³/mol. The molecule has 2 N–H and O–H groups in total. The Balaban J connectivity index is 1.38. The van der Waals surface area contributed by atoms with E-state index >= 15 is 0 Å². The molecule has 33 heavy (non-hydrogen) atoms. The zero-order valence-electron chi connectivity index (χ0n) is 18.3. The molecule has 1 aliphatic rings. The van der Waals surface area contributed by atoms with E-state index in [1.54, 1.807) is 7.11 Å². The largest absolute Gasteiger partial charge is 0.497 e. The van der Waals surface area contributed by atoms with Crippen LogP contribution in [0, 0.1) is 0 Å². The van der Waals surface area contributed by atoms with E-state index in [-0.39, 0.29) is 24.4 Å². The molecule has 1 amide bonds. The summed E-state index contributed by atoms with van der Waals surface area (Å²) in [6.45, 7) is 0. The second-order valence-electron chi connectivity index (χ2n) is 8.05. The molecule has 4 aromatic rings. The fourth-order valence-electron chi connectivity index (χ4n) is 4.18. The van der Waals surface area contributed by atoms with Crippen LogP contribution in [0.4, 0.5) is 11.9 Å². The standard InChI is InChI=1S/C26H25N5O2/c1-33-21-14-12-18(13-15-21)16-24(32)28-25-29-26-27-22(19-8-4-2-5-9-19)17-23(31(26)30-25)20-10-6-3-7-11-20/h2-15,22-23H,16-17H2,1H3,(H2,27,28,29,30,32)/t22-,23-/m0/s1. The summed E-state index contributed by atoms with van der Waals surface area (Å²) in [6, 6.07) is 28.1. The molecule has 0 unspecified atom stereocenters. The molecule has 0 saturated heterocycles. The maximum atomic E-state index is 12.6. The van der Waals surface area contributed by atoms with Crippen molar-refractivity contribution in [3.8, 4) is 5.75 Å². The van der Waals surface area contributed by atoms with E-state index in [0.29, 0.717) is 11.9 Å². The summed E-state index contributed by atoms with van der Waals surface area (Å²) in [4.78, 5) is 17.2. The van der Waals surface area contributed by atoms with E-state index in [1.165, 1.54) is 5.56 Å². The van der Waals surface area contributed by atoms with Gasteiger partial charge in [-0.25, -0.2) is 4.68 Å². The Morgan fingerprint density at radius 1 is 1.00 bits per heavy atom. The summed E-state index contributed by atoms with van der Waals surface area (Å²) in [7, 11) is 1.62. The number of methoxy groups -OCH3 is 1. The smallest absolute Gasteiger partial charge is 0.250 e. The van der Waals surface area contributed by atoms with Gasteiger partial charge in [0.25, 0.3) is 5.95 Å². The maximum Gasteiger partial charge on any atom is 0.250 e. The van der Waals surface area contributed by atoms with Gasteiger partial charge in [0.2, 0.25) is 11.9 Å². The predicted octanol–water partition coefficient (Wildman–Crippen LogP) is 4.61. The van der Waals surface area contributed by atoms with Gasteiger partial charge in [-0.05, 0) is 35.2 Å². The molecule has 0 spiro atoms. The molecule has 0 aliphatic carbocycles. The lowest BCUT2D eigenvalue weighted by Crippen LogP contribution is -2.28. The zero-order valence-corrected chi connectivity index (χ0v) is 18.3. The van der Waals surface area contributed by atoms with Gasteiger partial charge in [0, 0.05) is 0 Å². The Labute approximate surface area is 192 Å². The van der Waals surface area contributed by atoms with Crippen LogP contribution in [0.5, 0.6) is 5.75 Å². The van der Waals surface area contributed by atoms with Crippen molar-refractivity contribution in [1.29, 1.82) is 0 Å². The number of carbonyl (C=O) groups is 1. The maximum absolute atomic E-state index is 12.6. The monoisotopic (exact) mass is 439 g/mol. The van der Waals surface area contributed by atoms with Gasteiger partial charge in [-0.1, -0.05) is 72.8 Å². The highest BCUT2D eigenvalue weighted by Crippen LogP contribution is 2.38. The van der Waals surface area contributed by atoms with E-state index in [1.807, 2.05) is 65.3 Å². The van der Waals surface area contributed by atoms with Gasteiger partial charge >= 0.3 is 0 Å². The molecule has 0 bridgehead atoms. The SMILES string of the molecule is COc1ccc(CC(=O)Nc2nc3n(n2)[C@H](c2ccccc2)C[C@@H](c2ccccc2)N3)cc1. The molecule has 7 heteroatoms. The van der Waals surface area contributed by atoms with Crippen LogP contribution in [-0.4, -0.2) is 27.8 Å². The topological polar surface area (TPSA) is 81.1 Å². The summed E-state index contributed by atoms with van der Waals surface area (Å²) in [5, 5.41) is 11.0. The van der Waals surface area contributed by atoms with E-state index in [2.05, 4.69) is 45.0 Å². The van der Waals surface area contributed by atoms with Gasteiger partial charge in [0.05, 0.1) is 25.6 Å². The first-order chi connectivity index (χ1) is 16.2. The first-order valence-electron chi connectivity index (χ1n) is 11.0. The van der Waals surface area contributed by atoms with Gasteiger partial charge in [-0.3, -0.25) is 10.1 Å². The molecule has 2 atom stereocenters. The quantitative estimate of drug-likeness (QED) is 0.458. The molecular formula is C26H25N5O2. The third kappa shape index (κ3) is 4.57. The van der Waals surface area contributed by atoms with E-state index < -0.39 is 0 Å². The number of hydrogen-bond donors (Lipinski definition) is 2. The van der Waals surface area contributed by atoms with Gasteiger partial charge < -0.3 is 10.1 Å². The Hall–Kier alpha value is -4.13. The van der Waals surface area contributed by atoms with Crippen LogP contribution in [0.15, 0.2) is 84.9 Å². The number of aromatic nitrogens is 3. The minimum atomic E-state index is -0.168. The van der Waals surface area contributed by atoms with Crippen molar-refractivity contribution in [3.05, 3.63) is 102 Å². The Morgan fingerprint density at radius 2 is 1.67 bits per heavy atom. The van der Waals surface area contributed by atoms with Crippen LogP contribution in [0.25, 0.3) is 0 Å². The van der Waals surface area contributed by atoms with Crippen molar-refractivity contribution in [2.75, 3.05) is 17.7 Å². The number of nitrogens with one attached hydrogen (secondary N) is 2. The molecule has 0 radical (unpaired) electrons. The highest BCUT2D eigenvalue weighted by Gasteiger charge is 2.31. The Morgan fingerprint density at radius 3 is 2.33 bits per heavy atom. The van der Waals surface area contributed by atoms with Crippen LogP contribution in [0.1, 0.15) is 35.2 Å². The van der Waals surface area contributed by atoms with Crippen LogP contribution >= 0.6 is 0 Å². The molecule has 166 valence electrons. The lowest BCUT2D eigenvalue weighted by molar-refractivity contribution is -0.115. The van der Waals surface area contributed by atoms with E-state index in [4.69, 9.17) is 4.74 Å². The molecular weight excluding hydrogens is 414 g/mol. The van der Waals surface area contributed by atoms with Crippen molar-refractivity contribution >= 4 is 17.8 Å². The molecule has 0 saturated carbocycles. The van der Waals surface area contributed by atoms with Crippen molar-refractivity contribution in [2.45, 2.75) is 24.9 Å². The Bertz CT molecular complexity index is 1220. The number of hydrogen-bond acceptors (Lipinski definition) is 5. The lowest BCUT2D eigenvalue weighted by atomic mass is 9.93. The highest BCUT2D eigenvalue weighted by molar-refractivity contribution is 5.90. The third-order valence-corrected chi connectivity index (χ3v) is 5.85. The highest BCUT2D eigenvalue weighted by atomic mass is 16.5. The van der Waals surface area contributed by atoms with Gasteiger partial charge in [-0.2, -0.15) is 4.98 Å². The number of benzene rings is 3. The Kier molecular flexibility index (Phi) is 5.76. The van der Waals surface area contributed by atoms with Crippen molar-refractivity contribution in [2.24, 2.45) is 0 Å². The van der Waals surface area contributed by atoms with Crippen LogP contribution in [-0.2, 0) is 11.2 Å². The minimum Gasteiger partial charge on any atom is -0.497 e. The fraction of sp³-hybridized carbons (Fsp3) is 0.192. The van der Waals surface area contributed by atoms with Crippen LogP contribution < -0.4 is 15.4 Å². The van der Waals surface area contributed by atoms with E-state index in [0.717, 1.165) is 23.3 Å². The first-order valence-corrected chi connectivity index (χ1v) is 11.0. The van der Waals surface area contributed by atoms with Crippen molar-refractivity contribution in [1.82, 2.24) is 14.8 Å². The van der Waals surface area contributed by atoms with Crippen LogP contribution in [0.3, 0.4) is 0 Å². The number of nitrogens with zero attached hydrogens (tertiary/aromatic N) is 3. The number of ether oxygens (including phenoxy) is 1. The molecule has 1 aromatic heterocycles. The number of rotatable bonds is 6. The minimum absolute atomic E-state index is 0.00685. The van der Waals surface area contributed by atoms with E-state index in [9.17, 15) is 4.79 Å². The lowest BCUT2D eigenvalue weighted by Gasteiger charge is -2.31. The molecule has 5 rings (SSSR count). The summed E-state index contributed by atoms with van der Waals surface area (Å²) in [6.07, 6.45) is 1.06. The molecule has 3 aromatic carbocycles. The second kappa shape index (κ2) is 9.16. The zero-order chi connectivity index (χ0) is 22.6. The average Bonchev–Trinajstić information content (AvgIpc) is 3.27. The molecule has 1 aliphatic heterocycles. The van der Waals surface area contributed by atoms with Crippen LogP contribution in [0.2, 0.25) is 0 Å². The third-order valence-electron chi connectivity index (χ3n) is 5.85. The second-order valence-corrected chi connectivity index (χ2v) is 8.05. The van der Waals surface area contributed by atoms with Gasteiger partial charge in [0.15, 0.2) is 0 Å².